The van der Waals surface area contributed by atoms with Crippen molar-refractivity contribution in [3.05, 3.63) is 77.9 Å². The van der Waals surface area contributed by atoms with E-state index >= 15 is 0 Å². The van der Waals surface area contributed by atoms with Gasteiger partial charge in [0.15, 0.2) is 0 Å². The van der Waals surface area contributed by atoms with Crippen LogP contribution >= 0.6 is 0 Å². The van der Waals surface area contributed by atoms with Gasteiger partial charge >= 0.3 is 0 Å². The van der Waals surface area contributed by atoms with Gasteiger partial charge in [0.25, 0.3) is 0 Å². The highest BCUT2D eigenvalue weighted by Crippen LogP contribution is 2.52. The van der Waals surface area contributed by atoms with Crippen molar-refractivity contribution in [1.29, 1.82) is 0 Å². The Morgan fingerprint density at radius 1 is 0.895 bits per heavy atom. The Bertz CT molecular complexity index is 1500. The molecule has 0 atom stereocenters. The Morgan fingerprint density at radius 2 is 1.66 bits per heavy atom. The van der Waals surface area contributed by atoms with Crippen LogP contribution in [0.5, 0.6) is 0 Å². The molecule has 2 saturated heterocycles. The first kappa shape index (κ1) is 23.6. The average Bonchev–Trinajstić information content (AvgIpc) is 3.26. The molecule has 5 heterocycles. The summed E-state index contributed by atoms with van der Waals surface area (Å²) < 4.78 is 25.9. The van der Waals surface area contributed by atoms with Crippen molar-refractivity contribution in [3.8, 4) is 11.3 Å². The lowest BCUT2D eigenvalue weighted by Gasteiger charge is -2.35. The summed E-state index contributed by atoms with van der Waals surface area (Å²) in [6.45, 7) is 7.81. The summed E-state index contributed by atoms with van der Waals surface area (Å²) in [5, 5.41) is 0.966. The van der Waals surface area contributed by atoms with E-state index in [-0.39, 0.29) is 11.2 Å². The number of hydrogen-bond acceptors (Lipinski definition) is 6. The number of aromatic nitrogens is 2. The number of nitrogens with zero attached hydrogens (tertiary/aromatic N) is 4. The zero-order valence-corrected chi connectivity index (χ0v) is 21.6. The van der Waals surface area contributed by atoms with Crippen LogP contribution in [0, 0.1) is 12.7 Å². The topological polar surface area (TPSA) is 50.7 Å². The summed E-state index contributed by atoms with van der Waals surface area (Å²) in [5.41, 5.74) is 8.55. The molecule has 0 N–H and O–H groups in total. The van der Waals surface area contributed by atoms with E-state index in [1.54, 1.807) is 24.5 Å². The lowest BCUT2D eigenvalue weighted by molar-refractivity contribution is 0.0558. The van der Waals surface area contributed by atoms with E-state index in [1.807, 2.05) is 18.2 Å². The summed E-state index contributed by atoms with van der Waals surface area (Å²) in [4.78, 5) is 14.0. The van der Waals surface area contributed by atoms with E-state index in [1.165, 1.54) is 16.9 Å². The van der Waals surface area contributed by atoms with Gasteiger partial charge in [-0.05, 0) is 67.3 Å². The molecule has 0 amide bonds. The van der Waals surface area contributed by atoms with Crippen LogP contribution in [0.2, 0.25) is 0 Å². The highest BCUT2D eigenvalue weighted by atomic mass is 19.1. The predicted molar refractivity (Wildman–Crippen MR) is 148 cm³/mol. The number of morpholine rings is 1. The van der Waals surface area contributed by atoms with E-state index in [9.17, 15) is 4.39 Å². The summed E-state index contributed by atoms with van der Waals surface area (Å²) in [6, 6.07) is 15.9. The van der Waals surface area contributed by atoms with Gasteiger partial charge in [-0.2, -0.15) is 0 Å². The molecule has 6 nitrogen and oxygen atoms in total. The van der Waals surface area contributed by atoms with E-state index in [0.29, 0.717) is 5.52 Å². The van der Waals surface area contributed by atoms with Crippen molar-refractivity contribution in [2.24, 2.45) is 0 Å². The number of ether oxygens (including phenoxy) is 2. The van der Waals surface area contributed by atoms with Crippen LogP contribution in [0.1, 0.15) is 24.0 Å². The second-order valence-electron chi connectivity index (χ2n) is 10.6. The van der Waals surface area contributed by atoms with E-state index in [2.05, 4.69) is 39.9 Å². The lowest BCUT2D eigenvalue weighted by Crippen LogP contribution is -2.37. The summed E-state index contributed by atoms with van der Waals surface area (Å²) >= 11 is 0. The molecule has 3 aliphatic heterocycles. The molecule has 3 aliphatic rings. The molecule has 7 rings (SSSR count). The van der Waals surface area contributed by atoms with Crippen LogP contribution in [0.15, 0.2) is 60.9 Å². The fourth-order valence-electron chi connectivity index (χ4n) is 6.53. The van der Waals surface area contributed by atoms with Gasteiger partial charge in [-0.25, -0.2) is 9.37 Å². The Hall–Kier alpha value is -3.55. The number of benzene rings is 2. The number of pyridine rings is 2. The zero-order valence-electron chi connectivity index (χ0n) is 21.6. The van der Waals surface area contributed by atoms with Gasteiger partial charge in [-0.15, -0.1) is 0 Å². The van der Waals surface area contributed by atoms with Crippen molar-refractivity contribution in [1.82, 2.24) is 9.97 Å². The van der Waals surface area contributed by atoms with Gasteiger partial charge in [-0.1, -0.05) is 6.07 Å². The molecular formula is C31H31FN4O2. The molecule has 0 bridgehead atoms. The number of anilines is 3. The molecule has 0 aliphatic carbocycles. The van der Waals surface area contributed by atoms with Gasteiger partial charge in [0.1, 0.15) is 5.82 Å². The molecule has 0 saturated carbocycles. The smallest absolute Gasteiger partial charge is 0.125 e. The van der Waals surface area contributed by atoms with Crippen LogP contribution in [-0.2, 0) is 14.9 Å². The van der Waals surface area contributed by atoms with Crippen LogP contribution < -0.4 is 9.80 Å². The second kappa shape index (κ2) is 9.33. The maximum atomic E-state index is 14.5. The molecule has 38 heavy (non-hydrogen) atoms. The number of fused-ring (bicyclic) bond motifs is 3. The van der Waals surface area contributed by atoms with Gasteiger partial charge < -0.3 is 19.3 Å². The maximum absolute atomic E-state index is 14.5. The van der Waals surface area contributed by atoms with Crippen molar-refractivity contribution < 1.29 is 13.9 Å². The zero-order chi connectivity index (χ0) is 25.7. The third-order valence-corrected chi connectivity index (χ3v) is 8.51. The Balaban J connectivity index is 1.45. The normalized spacial score (nSPS) is 18.8. The van der Waals surface area contributed by atoms with Gasteiger partial charge in [0.05, 0.1) is 30.1 Å². The number of hydrogen-bond donors (Lipinski definition) is 0. The first-order valence-electron chi connectivity index (χ1n) is 13.5. The van der Waals surface area contributed by atoms with E-state index < -0.39 is 0 Å². The van der Waals surface area contributed by atoms with Gasteiger partial charge in [0, 0.05) is 79.0 Å². The Kier molecular flexibility index (Phi) is 5.78. The molecule has 4 aromatic rings. The van der Waals surface area contributed by atoms with Crippen molar-refractivity contribution in [3.63, 3.8) is 0 Å². The van der Waals surface area contributed by atoms with Crippen LogP contribution in [0.4, 0.5) is 21.5 Å². The minimum atomic E-state index is -0.280. The number of halogens is 1. The molecule has 0 radical (unpaired) electrons. The molecular weight excluding hydrogens is 479 g/mol. The van der Waals surface area contributed by atoms with Crippen LogP contribution in [-0.4, -0.2) is 56.0 Å². The molecule has 2 aromatic carbocycles. The SMILES string of the molecule is Cc1c(-c2ccncc2)nc2cc(F)ccc2c1N1CC2(CCOCC2)c2ccc(N3CCOCC3)cc21. The highest BCUT2D eigenvalue weighted by molar-refractivity contribution is 6.00. The molecule has 0 unspecified atom stereocenters. The monoisotopic (exact) mass is 510 g/mol. The lowest BCUT2D eigenvalue weighted by atomic mass is 9.76. The van der Waals surface area contributed by atoms with Crippen molar-refractivity contribution >= 4 is 28.0 Å². The first-order chi connectivity index (χ1) is 18.6. The van der Waals surface area contributed by atoms with E-state index in [4.69, 9.17) is 14.5 Å². The molecule has 2 aromatic heterocycles. The standard InChI is InChI=1S/C31H31FN4O2/c1-21-29(22-6-10-33-11-7-22)34-27-18-23(32)2-4-25(27)30(21)36-20-31(8-14-37-15-9-31)26-5-3-24(19-28(26)36)35-12-16-38-17-13-35/h2-7,10-11,18-19H,8-9,12-17,20H2,1H3. The highest BCUT2D eigenvalue weighted by Gasteiger charge is 2.45. The fourth-order valence-corrected chi connectivity index (χ4v) is 6.53. The second-order valence-corrected chi connectivity index (χ2v) is 10.6. The predicted octanol–water partition coefficient (Wildman–Crippen LogP) is 5.78. The maximum Gasteiger partial charge on any atom is 0.125 e. The molecule has 2 fully saturated rings. The minimum absolute atomic E-state index is 0.0238. The Morgan fingerprint density at radius 3 is 2.45 bits per heavy atom. The molecule has 194 valence electrons. The van der Waals surface area contributed by atoms with Gasteiger partial charge in [0.2, 0.25) is 0 Å². The van der Waals surface area contributed by atoms with Crippen LogP contribution in [0.3, 0.4) is 0 Å². The average molecular weight is 511 g/mol. The molecule has 1 spiro atoms. The van der Waals surface area contributed by atoms with Gasteiger partial charge in [-0.3, -0.25) is 4.98 Å². The summed E-state index contributed by atoms with van der Waals surface area (Å²) in [6.07, 6.45) is 5.54. The summed E-state index contributed by atoms with van der Waals surface area (Å²) in [5.74, 6) is -0.280. The van der Waals surface area contributed by atoms with Crippen LogP contribution in [0.25, 0.3) is 22.2 Å². The fraction of sp³-hybridized carbons (Fsp3) is 0.355. The number of rotatable bonds is 3. The van der Waals surface area contributed by atoms with Crippen molar-refractivity contribution in [2.45, 2.75) is 25.2 Å². The summed E-state index contributed by atoms with van der Waals surface area (Å²) in [7, 11) is 0. The van der Waals surface area contributed by atoms with Crippen molar-refractivity contribution in [2.75, 3.05) is 55.9 Å². The largest absolute Gasteiger partial charge is 0.381 e. The quantitative estimate of drug-likeness (QED) is 0.348. The third kappa shape index (κ3) is 3.84. The third-order valence-electron chi connectivity index (χ3n) is 8.51. The minimum Gasteiger partial charge on any atom is -0.381 e. The molecule has 7 heteroatoms. The van der Waals surface area contributed by atoms with E-state index in [0.717, 1.165) is 86.8 Å². The first-order valence-corrected chi connectivity index (χ1v) is 13.5. The Labute approximate surface area is 222 Å².